The zero-order valence-electron chi connectivity index (χ0n) is 20.4. The topological polar surface area (TPSA) is 134 Å². The zero-order valence-corrected chi connectivity index (χ0v) is 20.4. The van der Waals surface area contributed by atoms with E-state index in [-0.39, 0.29) is 12.2 Å². The second-order valence-electron chi connectivity index (χ2n) is 9.74. The molecule has 0 aliphatic carbocycles. The fourth-order valence-corrected chi connectivity index (χ4v) is 5.24. The van der Waals surface area contributed by atoms with Crippen molar-refractivity contribution >= 4 is 34.0 Å². The first-order chi connectivity index (χ1) is 17.6. The first-order valence-electron chi connectivity index (χ1n) is 12.7. The summed E-state index contributed by atoms with van der Waals surface area (Å²) >= 11 is 0. The fourth-order valence-electron chi connectivity index (χ4n) is 5.24. The predicted octanol–water partition coefficient (Wildman–Crippen LogP) is 3.19. The van der Waals surface area contributed by atoms with Crippen molar-refractivity contribution < 1.29 is 5.11 Å². The SMILES string of the molecule is N#CCC1CCN(c2nc(Nc3ccc(N4CCC(CCO)CC4)cc3)c3c(=O)[nH]ncc3n2)CC1. The van der Waals surface area contributed by atoms with Gasteiger partial charge in [0.1, 0.15) is 16.7 Å². The lowest BCUT2D eigenvalue weighted by atomic mass is 9.93. The number of hydrogen-bond donors (Lipinski definition) is 3. The molecule has 0 saturated carbocycles. The number of benzene rings is 1. The zero-order chi connectivity index (χ0) is 24.9. The van der Waals surface area contributed by atoms with Crippen LogP contribution in [0.3, 0.4) is 0 Å². The molecule has 10 nitrogen and oxygen atoms in total. The van der Waals surface area contributed by atoms with E-state index in [1.54, 1.807) is 6.20 Å². The number of fused-ring (bicyclic) bond motifs is 1. The Labute approximate surface area is 210 Å². The Morgan fingerprint density at radius 1 is 1.03 bits per heavy atom. The molecule has 1 aromatic carbocycles. The van der Waals surface area contributed by atoms with Gasteiger partial charge in [-0.1, -0.05) is 0 Å². The number of H-pyrrole nitrogens is 1. The Bertz CT molecular complexity index is 1270. The second-order valence-corrected chi connectivity index (χ2v) is 9.74. The normalized spacial score (nSPS) is 17.3. The van der Waals surface area contributed by atoms with Gasteiger partial charge in [0.25, 0.3) is 5.56 Å². The number of aliphatic hydroxyl groups is 1. The van der Waals surface area contributed by atoms with E-state index < -0.39 is 0 Å². The second kappa shape index (κ2) is 10.9. The van der Waals surface area contributed by atoms with Gasteiger partial charge in [-0.05, 0) is 68.2 Å². The number of nitrogens with one attached hydrogen (secondary N) is 2. The molecule has 3 N–H and O–H groups in total. The van der Waals surface area contributed by atoms with Crippen LogP contribution in [0.15, 0.2) is 35.3 Å². The third-order valence-corrected chi connectivity index (χ3v) is 7.43. The molecule has 36 heavy (non-hydrogen) atoms. The number of aromatic nitrogens is 4. The predicted molar refractivity (Wildman–Crippen MR) is 139 cm³/mol. The minimum atomic E-state index is -0.336. The van der Waals surface area contributed by atoms with Crippen LogP contribution < -0.4 is 20.7 Å². The summed E-state index contributed by atoms with van der Waals surface area (Å²) in [5.74, 6) is 2.04. The van der Waals surface area contributed by atoms with Crippen molar-refractivity contribution in [1.29, 1.82) is 5.26 Å². The van der Waals surface area contributed by atoms with Crippen LogP contribution in [0.5, 0.6) is 0 Å². The van der Waals surface area contributed by atoms with Gasteiger partial charge in [0.2, 0.25) is 5.95 Å². The number of aromatic amines is 1. The Morgan fingerprint density at radius 2 is 1.72 bits per heavy atom. The van der Waals surface area contributed by atoms with Crippen LogP contribution >= 0.6 is 0 Å². The molecular weight excluding hydrogens is 456 g/mol. The Morgan fingerprint density at radius 3 is 2.42 bits per heavy atom. The van der Waals surface area contributed by atoms with E-state index in [4.69, 9.17) is 10.2 Å². The third-order valence-electron chi connectivity index (χ3n) is 7.43. The van der Waals surface area contributed by atoms with Crippen molar-refractivity contribution in [1.82, 2.24) is 20.2 Å². The summed E-state index contributed by atoms with van der Waals surface area (Å²) in [6, 6.07) is 10.5. The highest BCUT2D eigenvalue weighted by Gasteiger charge is 2.23. The first-order valence-corrected chi connectivity index (χ1v) is 12.7. The van der Waals surface area contributed by atoms with Crippen LogP contribution in [-0.4, -0.2) is 58.1 Å². The summed E-state index contributed by atoms with van der Waals surface area (Å²) in [5.41, 5.74) is 2.16. The van der Waals surface area contributed by atoms with Gasteiger partial charge in [0, 0.05) is 50.6 Å². The van der Waals surface area contributed by atoms with Crippen LogP contribution in [0.2, 0.25) is 0 Å². The van der Waals surface area contributed by atoms with Crippen molar-refractivity contribution in [3.63, 3.8) is 0 Å². The number of aliphatic hydroxyl groups excluding tert-OH is 1. The van der Waals surface area contributed by atoms with Crippen LogP contribution in [-0.2, 0) is 0 Å². The molecule has 10 heteroatoms. The van der Waals surface area contributed by atoms with E-state index in [0.717, 1.165) is 64.0 Å². The maximum atomic E-state index is 12.6. The number of nitrogens with zero attached hydrogens (tertiary/aromatic N) is 6. The molecule has 0 bridgehead atoms. The monoisotopic (exact) mass is 488 g/mol. The molecule has 188 valence electrons. The largest absolute Gasteiger partial charge is 0.396 e. The van der Waals surface area contributed by atoms with Crippen LogP contribution in [0.4, 0.5) is 23.1 Å². The highest BCUT2D eigenvalue weighted by molar-refractivity contribution is 5.90. The molecule has 2 aliphatic rings. The first kappa shape index (κ1) is 24.0. The number of hydrogen-bond acceptors (Lipinski definition) is 9. The lowest BCUT2D eigenvalue weighted by molar-refractivity contribution is 0.240. The van der Waals surface area contributed by atoms with Crippen LogP contribution in [0.1, 0.15) is 38.5 Å². The van der Waals surface area contributed by atoms with Crippen LogP contribution in [0.25, 0.3) is 10.9 Å². The standard InChI is InChI=1S/C26H32N8O2/c27-11-5-18-8-14-34(15-9-18)26-30-22-17-28-32-25(36)23(22)24(31-26)29-20-1-3-21(4-2-20)33-12-6-19(7-13-33)10-16-35/h1-4,17-19,35H,5-10,12-16H2,(H,32,36)(H,29,30,31). The van der Waals surface area contributed by atoms with Crippen molar-refractivity contribution in [2.75, 3.05) is 47.9 Å². The molecule has 0 unspecified atom stereocenters. The number of anilines is 4. The Hall–Kier alpha value is -3.71. The van der Waals surface area contributed by atoms with Crippen molar-refractivity contribution in [3.8, 4) is 6.07 Å². The van der Waals surface area contributed by atoms with Crippen LogP contribution in [0, 0.1) is 23.2 Å². The van der Waals surface area contributed by atoms with E-state index in [1.165, 1.54) is 5.69 Å². The average Bonchev–Trinajstić information content (AvgIpc) is 2.90. The lowest BCUT2D eigenvalue weighted by Crippen LogP contribution is -2.35. The minimum Gasteiger partial charge on any atom is -0.396 e. The molecule has 4 heterocycles. The maximum absolute atomic E-state index is 12.6. The van der Waals surface area contributed by atoms with Gasteiger partial charge in [-0.2, -0.15) is 15.3 Å². The van der Waals surface area contributed by atoms with Crippen molar-refractivity contribution in [2.45, 2.75) is 38.5 Å². The molecule has 0 amide bonds. The minimum absolute atomic E-state index is 0.267. The van der Waals surface area contributed by atoms with Gasteiger partial charge in [0.15, 0.2) is 0 Å². The van der Waals surface area contributed by atoms with E-state index in [1.807, 2.05) is 12.1 Å². The van der Waals surface area contributed by atoms with E-state index >= 15 is 0 Å². The summed E-state index contributed by atoms with van der Waals surface area (Å²) < 4.78 is 0. The van der Waals surface area contributed by atoms with Gasteiger partial charge >= 0.3 is 0 Å². The molecular formula is C26H32N8O2. The van der Waals surface area contributed by atoms with Gasteiger partial charge in [-0.15, -0.1) is 0 Å². The lowest BCUT2D eigenvalue weighted by Gasteiger charge is -2.33. The van der Waals surface area contributed by atoms with Gasteiger partial charge in [0.05, 0.1) is 12.3 Å². The summed E-state index contributed by atoms with van der Waals surface area (Å²) in [4.78, 5) is 26.5. The molecule has 0 spiro atoms. The fraction of sp³-hybridized carbons (Fsp3) is 0.500. The highest BCUT2D eigenvalue weighted by atomic mass is 16.3. The number of rotatable bonds is 7. The maximum Gasteiger partial charge on any atom is 0.277 e. The molecule has 2 aliphatic heterocycles. The molecule has 2 aromatic heterocycles. The summed E-state index contributed by atoms with van der Waals surface area (Å²) in [5, 5.41) is 28.3. The van der Waals surface area contributed by atoms with Gasteiger partial charge in [-0.25, -0.2) is 10.1 Å². The third kappa shape index (κ3) is 5.26. The summed E-state index contributed by atoms with van der Waals surface area (Å²) in [7, 11) is 0. The molecule has 3 aromatic rings. The average molecular weight is 489 g/mol. The molecule has 0 atom stereocenters. The smallest absolute Gasteiger partial charge is 0.277 e. The van der Waals surface area contributed by atoms with E-state index in [2.05, 4.69) is 48.5 Å². The molecule has 2 saturated heterocycles. The Balaban J connectivity index is 1.35. The quantitative estimate of drug-likeness (QED) is 0.458. The molecule has 2 fully saturated rings. The molecule has 5 rings (SSSR count). The van der Waals surface area contributed by atoms with Gasteiger partial charge in [-0.3, -0.25) is 4.79 Å². The van der Waals surface area contributed by atoms with E-state index in [0.29, 0.717) is 40.9 Å². The van der Waals surface area contributed by atoms with Crippen molar-refractivity contribution in [3.05, 3.63) is 40.8 Å². The summed E-state index contributed by atoms with van der Waals surface area (Å²) in [6.45, 7) is 3.80. The Kier molecular flexibility index (Phi) is 7.28. The number of nitriles is 1. The summed E-state index contributed by atoms with van der Waals surface area (Å²) in [6.07, 6.45) is 7.06. The van der Waals surface area contributed by atoms with Gasteiger partial charge < -0.3 is 20.2 Å². The highest BCUT2D eigenvalue weighted by Crippen LogP contribution is 2.29. The van der Waals surface area contributed by atoms with E-state index in [9.17, 15) is 9.90 Å². The number of piperidine rings is 2. The molecule has 0 radical (unpaired) electrons. The van der Waals surface area contributed by atoms with Crippen molar-refractivity contribution in [2.24, 2.45) is 11.8 Å².